The number of fused-ring (bicyclic) bond motifs is 1. The number of thiophene rings is 1. The van der Waals surface area contributed by atoms with E-state index >= 15 is 0 Å². The third-order valence-corrected chi connectivity index (χ3v) is 6.58. The smallest absolute Gasteiger partial charge is 0.314 e. The average Bonchev–Trinajstić information content (AvgIpc) is 3.51. The zero-order valence-electron chi connectivity index (χ0n) is 15.4. The van der Waals surface area contributed by atoms with E-state index in [0.717, 1.165) is 26.4 Å². The number of rotatable bonds is 5. The molecule has 0 fully saturated rings. The van der Waals surface area contributed by atoms with Crippen LogP contribution in [0.1, 0.15) is 30.2 Å². The van der Waals surface area contributed by atoms with Gasteiger partial charge < -0.3 is 10.2 Å². The van der Waals surface area contributed by atoms with E-state index in [1.165, 1.54) is 22.7 Å². The topological polar surface area (TPSA) is 109 Å². The van der Waals surface area contributed by atoms with Gasteiger partial charge in [0.25, 0.3) is 11.8 Å². The second-order valence-corrected chi connectivity index (χ2v) is 8.62. The molecule has 0 aliphatic rings. The quantitative estimate of drug-likeness (QED) is 0.414. The van der Waals surface area contributed by atoms with E-state index in [-0.39, 0.29) is 11.9 Å². The molecular formula is C18H13F2N7OS2. The molecule has 0 saturated heterocycles. The van der Waals surface area contributed by atoms with Crippen LogP contribution in [0.25, 0.3) is 32.2 Å². The van der Waals surface area contributed by atoms with E-state index in [2.05, 4.69) is 25.5 Å². The second-order valence-electron chi connectivity index (χ2n) is 6.44. The van der Waals surface area contributed by atoms with Crippen molar-refractivity contribution in [3.63, 3.8) is 0 Å². The van der Waals surface area contributed by atoms with Gasteiger partial charge in [0.1, 0.15) is 5.69 Å². The highest BCUT2D eigenvalue weighted by atomic mass is 32.1. The number of benzene rings is 1. The van der Waals surface area contributed by atoms with E-state index in [1.807, 2.05) is 37.4 Å². The minimum Gasteiger partial charge on any atom is -0.414 e. The number of hydrogen-bond donors (Lipinski definition) is 1. The SMILES string of the molecule is C[C@@H](c1ccc(-c2nnc(C(F)F)o2)s1)n1cc(-c2ccc3nc(N)sc3c2)nn1. The van der Waals surface area contributed by atoms with Gasteiger partial charge in [-0.05, 0) is 31.2 Å². The summed E-state index contributed by atoms with van der Waals surface area (Å²) in [5.41, 5.74) is 8.27. The van der Waals surface area contributed by atoms with Crippen molar-refractivity contribution in [2.75, 3.05) is 5.73 Å². The summed E-state index contributed by atoms with van der Waals surface area (Å²) in [6.45, 7) is 1.97. The molecule has 0 aliphatic carbocycles. The van der Waals surface area contributed by atoms with Crippen LogP contribution in [0.15, 0.2) is 40.9 Å². The van der Waals surface area contributed by atoms with Gasteiger partial charge in [-0.3, -0.25) is 0 Å². The lowest BCUT2D eigenvalue weighted by Gasteiger charge is -2.08. The minimum atomic E-state index is -2.79. The number of anilines is 1. The average molecular weight is 445 g/mol. The van der Waals surface area contributed by atoms with Crippen LogP contribution in [0.5, 0.6) is 0 Å². The van der Waals surface area contributed by atoms with E-state index in [9.17, 15) is 8.78 Å². The molecule has 5 aromatic rings. The van der Waals surface area contributed by atoms with Crippen molar-refractivity contribution >= 4 is 38.0 Å². The Hall–Kier alpha value is -3.25. The lowest BCUT2D eigenvalue weighted by molar-refractivity contribution is 0.116. The van der Waals surface area contributed by atoms with Crippen LogP contribution in [0.4, 0.5) is 13.9 Å². The molecule has 0 spiro atoms. The normalized spacial score (nSPS) is 12.8. The standard InChI is InChI=1S/C18H13F2N7OS2/c1-8(12-4-5-13(29-12)16-24-25-17(28-16)15(19)20)27-7-11(23-26-27)9-2-3-10-14(6-9)30-18(21)22-10/h2-8,15H,1H3,(H2,21,22)/t8-/m0/s1. The molecule has 4 heterocycles. The number of nitrogens with two attached hydrogens (primary N) is 1. The predicted molar refractivity (Wildman–Crippen MR) is 109 cm³/mol. The summed E-state index contributed by atoms with van der Waals surface area (Å²) in [5, 5.41) is 16.1. The third-order valence-electron chi connectivity index (χ3n) is 4.48. The van der Waals surface area contributed by atoms with E-state index < -0.39 is 12.3 Å². The molecule has 152 valence electrons. The Labute approximate surface area is 176 Å². The van der Waals surface area contributed by atoms with Gasteiger partial charge in [-0.2, -0.15) is 8.78 Å². The molecule has 0 radical (unpaired) electrons. The largest absolute Gasteiger partial charge is 0.414 e. The summed E-state index contributed by atoms with van der Waals surface area (Å²) < 4.78 is 33.1. The summed E-state index contributed by atoms with van der Waals surface area (Å²) in [6, 6.07) is 9.35. The van der Waals surface area contributed by atoms with Crippen LogP contribution in [0.3, 0.4) is 0 Å². The Kier molecular flexibility index (Phi) is 4.51. The van der Waals surface area contributed by atoms with Crippen molar-refractivity contribution in [1.82, 2.24) is 30.2 Å². The van der Waals surface area contributed by atoms with Crippen molar-refractivity contribution in [3.8, 4) is 22.0 Å². The molecule has 0 saturated carbocycles. The van der Waals surface area contributed by atoms with Crippen LogP contribution >= 0.6 is 22.7 Å². The van der Waals surface area contributed by atoms with Gasteiger partial charge in [0.05, 0.1) is 27.3 Å². The zero-order valence-corrected chi connectivity index (χ0v) is 17.0. The van der Waals surface area contributed by atoms with Crippen molar-refractivity contribution in [1.29, 1.82) is 0 Å². The zero-order chi connectivity index (χ0) is 20.8. The van der Waals surface area contributed by atoms with Crippen molar-refractivity contribution in [2.24, 2.45) is 0 Å². The number of aromatic nitrogens is 6. The Morgan fingerprint density at radius 2 is 1.97 bits per heavy atom. The number of hydrogen-bond acceptors (Lipinski definition) is 9. The Morgan fingerprint density at radius 1 is 1.10 bits per heavy atom. The molecule has 2 N–H and O–H groups in total. The fraction of sp³-hybridized carbons (Fsp3) is 0.167. The molecule has 0 aliphatic heterocycles. The summed E-state index contributed by atoms with van der Waals surface area (Å²) >= 11 is 2.79. The fourth-order valence-electron chi connectivity index (χ4n) is 2.95. The maximum Gasteiger partial charge on any atom is 0.314 e. The lowest BCUT2D eigenvalue weighted by atomic mass is 10.1. The number of alkyl halides is 2. The van der Waals surface area contributed by atoms with Gasteiger partial charge in [-0.1, -0.05) is 22.6 Å². The molecule has 4 aromatic heterocycles. The monoisotopic (exact) mass is 445 g/mol. The highest BCUT2D eigenvalue weighted by molar-refractivity contribution is 7.22. The van der Waals surface area contributed by atoms with Gasteiger partial charge in [0, 0.05) is 10.4 Å². The first-order valence-corrected chi connectivity index (χ1v) is 10.4. The third kappa shape index (κ3) is 3.33. The molecule has 8 nitrogen and oxygen atoms in total. The molecular weight excluding hydrogens is 432 g/mol. The fourth-order valence-corrected chi connectivity index (χ4v) is 4.69. The van der Waals surface area contributed by atoms with E-state index in [0.29, 0.717) is 10.0 Å². The van der Waals surface area contributed by atoms with Crippen molar-refractivity contribution in [2.45, 2.75) is 19.4 Å². The van der Waals surface area contributed by atoms with Crippen molar-refractivity contribution in [3.05, 3.63) is 47.3 Å². The summed E-state index contributed by atoms with van der Waals surface area (Å²) in [7, 11) is 0. The highest BCUT2D eigenvalue weighted by Crippen LogP contribution is 2.34. The molecule has 1 aromatic carbocycles. The summed E-state index contributed by atoms with van der Waals surface area (Å²) in [4.78, 5) is 5.82. The minimum absolute atomic E-state index is 0.0742. The first kappa shape index (κ1) is 18.8. The number of thiazole rings is 1. The van der Waals surface area contributed by atoms with Gasteiger partial charge >= 0.3 is 6.43 Å². The molecule has 5 rings (SSSR count). The van der Waals surface area contributed by atoms with Gasteiger partial charge in [-0.25, -0.2) is 9.67 Å². The van der Waals surface area contributed by atoms with E-state index in [1.54, 1.807) is 10.7 Å². The second kappa shape index (κ2) is 7.22. The van der Waals surface area contributed by atoms with Crippen LogP contribution < -0.4 is 5.73 Å². The molecule has 0 unspecified atom stereocenters. The van der Waals surface area contributed by atoms with Crippen molar-refractivity contribution < 1.29 is 13.2 Å². The Balaban J connectivity index is 1.39. The summed E-state index contributed by atoms with van der Waals surface area (Å²) in [5.74, 6) is -0.612. The first-order chi connectivity index (χ1) is 14.5. The number of nitrogens with zero attached hydrogens (tertiary/aromatic N) is 6. The van der Waals surface area contributed by atoms with Crippen LogP contribution in [0.2, 0.25) is 0 Å². The lowest BCUT2D eigenvalue weighted by Crippen LogP contribution is -2.05. The molecule has 0 amide bonds. The molecule has 12 heteroatoms. The van der Waals surface area contributed by atoms with Gasteiger partial charge in [0.15, 0.2) is 5.13 Å². The van der Waals surface area contributed by atoms with Crippen LogP contribution in [-0.2, 0) is 0 Å². The Bertz CT molecular complexity index is 1340. The van der Waals surface area contributed by atoms with Crippen LogP contribution in [-0.4, -0.2) is 30.2 Å². The number of halogens is 2. The van der Waals surface area contributed by atoms with Crippen LogP contribution in [0, 0.1) is 0 Å². The van der Waals surface area contributed by atoms with Gasteiger partial charge in [-0.15, -0.1) is 26.6 Å². The highest BCUT2D eigenvalue weighted by Gasteiger charge is 2.20. The predicted octanol–water partition coefficient (Wildman–Crippen LogP) is 4.80. The maximum absolute atomic E-state index is 12.7. The Morgan fingerprint density at radius 3 is 2.77 bits per heavy atom. The summed E-state index contributed by atoms with van der Waals surface area (Å²) in [6.07, 6.45) is -0.934. The number of nitrogen functional groups attached to an aromatic ring is 1. The molecule has 0 bridgehead atoms. The van der Waals surface area contributed by atoms with E-state index in [4.69, 9.17) is 10.2 Å². The molecule has 30 heavy (non-hydrogen) atoms. The molecule has 1 atom stereocenters. The van der Waals surface area contributed by atoms with Gasteiger partial charge in [0.2, 0.25) is 0 Å². The maximum atomic E-state index is 12.7. The first-order valence-electron chi connectivity index (χ1n) is 8.78.